The molecular formula is C12H13F2N3O. The number of H-pyrrole nitrogens is 1. The summed E-state index contributed by atoms with van der Waals surface area (Å²) in [5.74, 6) is 0.634. The van der Waals surface area contributed by atoms with Crippen LogP contribution in [-0.4, -0.2) is 22.6 Å². The third-order valence-corrected chi connectivity index (χ3v) is 2.86. The predicted octanol–water partition coefficient (Wildman–Crippen LogP) is 1.13. The lowest BCUT2D eigenvalue weighted by Gasteiger charge is -2.15. The summed E-state index contributed by atoms with van der Waals surface area (Å²) >= 11 is 0. The minimum atomic E-state index is -3.17. The van der Waals surface area contributed by atoms with Gasteiger partial charge in [-0.3, -0.25) is 9.89 Å². The van der Waals surface area contributed by atoms with Gasteiger partial charge < -0.3 is 5.32 Å². The maximum atomic E-state index is 13.9. The van der Waals surface area contributed by atoms with Crippen molar-refractivity contribution in [1.29, 1.82) is 0 Å². The molecule has 0 atom stereocenters. The average Bonchev–Trinajstić information content (AvgIpc) is 2.88. The Bertz CT molecular complexity index is 525. The predicted molar refractivity (Wildman–Crippen MR) is 61.0 cm³/mol. The molecule has 1 aromatic heterocycles. The first-order valence-corrected chi connectivity index (χ1v) is 5.69. The molecule has 1 aliphatic carbocycles. The number of aromatic nitrogens is 2. The summed E-state index contributed by atoms with van der Waals surface area (Å²) in [6.07, 6.45) is 2.23. The van der Waals surface area contributed by atoms with Crippen LogP contribution in [0.25, 0.3) is 0 Å². The minimum absolute atomic E-state index is 0.250. The Morgan fingerprint density at radius 3 is 3.06 bits per heavy atom. The van der Waals surface area contributed by atoms with E-state index in [0.717, 1.165) is 18.5 Å². The number of nitrogens with one attached hydrogen (secondary N) is 2. The Morgan fingerprint density at radius 1 is 1.56 bits per heavy atom. The van der Waals surface area contributed by atoms with Gasteiger partial charge in [0.15, 0.2) is 0 Å². The first kappa shape index (κ1) is 12.6. The van der Waals surface area contributed by atoms with Crippen molar-refractivity contribution in [2.45, 2.75) is 32.1 Å². The summed E-state index contributed by atoms with van der Waals surface area (Å²) in [6.45, 7) is 0.691. The van der Waals surface area contributed by atoms with Crippen molar-refractivity contribution in [2.24, 2.45) is 0 Å². The highest BCUT2D eigenvalue weighted by Gasteiger charge is 2.39. The zero-order valence-corrected chi connectivity index (χ0v) is 9.94. The van der Waals surface area contributed by atoms with Crippen LogP contribution >= 0.6 is 0 Å². The second-order valence-corrected chi connectivity index (χ2v) is 4.15. The third kappa shape index (κ3) is 2.35. The second-order valence-electron chi connectivity index (χ2n) is 4.15. The zero-order chi connectivity index (χ0) is 13.2. The quantitative estimate of drug-likeness (QED) is 0.793. The van der Waals surface area contributed by atoms with Gasteiger partial charge >= 0.3 is 5.92 Å². The van der Waals surface area contributed by atoms with Crippen LogP contribution in [0.1, 0.15) is 30.3 Å². The molecule has 0 unspecified atom stereocenters. The topological polar surface area (TPSA) is 57.8 Å². The van der Waals surface area contributed by atoms with E-state index in [9.17, 15) is 13.6 Å². The molecule has 0 spiro atoms. The number of hydrogen-bond acceptors (Lipinski definition) is 2. The molecule has 1 aromatic rings. The van der Waals surface area contributed by atoms with Gasteiger partial charge in [-0.05, 0) is 32.1 Å². The van der Waals surface area contributed by atoms with Gasteiger partial charge in [-0.15, -0.1) is 0 Å². The Labute approximate surface area is 103 Å². The number of nitrogens with zero attached hydrogens (tertiary/aromatic N) is 1. The maximum Gasteiger partial charge on any atom is 0.308 e. The first-order valence-electron chi connectivity index (χ1n) is 5.69. The fraction of sp³-hybridized carbons (Fsp3) is 0.500. The summed E-state index contributed by atoms with van der Waals surface area (Å²) in [6, 6.07) is 0. The Hall–Kier alpha value is -1.90. The number of fused-ring (bicyclic) bond motifs is 1. The SMILES string of the molecule is CC#CC(=O)NCC(F)(F)c1n[nH]c2c1CCC2. The van der Waals surface area contributed by atoms with Crippen molar-refractivity contribution in [3.8, 4) is 11.8 Å². The molecule has 2 rings (SSSR count). The molecular weight excluding hydrogens is 240 g/mol. The molecule has 1 amide bonds. The normalized spacial score (nSPS) is 13.7. The Kier molecular flexibility index (Phi) is 3.32. The van der Waals surface area contributed by atoms with E-state index in [0.29, 0.717) is 12.0 Å². The molecule has 0 bridgehead atoms. The number of amides is 1. The molecule has 0 aromatic carbocycles. The lowest BCUT2D eigenvalue weighted by Crippen LogP contribution is -2.35. The van der Waals surface area contributed by atoms with E-state index in [4.69, 9.17) is 0 Å². The Morgan fingerprint density at radius 2 is 2.33 bits per heavy atom. The number of alkyl halides is 2. The standard InChI is InChI=1S/C12H13F2N3O/c1-2-4-10(18)15-7-12(13,14)11-8-5-3-6-9(8)16-17-11/h3,5-7H2,1H3,(H,15,18)(H,16,17). The molecule has 0 saturated heterocycles. The highest BCUT2D eigenvalue weighted by atomic mass is 19.3. The number of halogens is 2. The van der Waals surface area contributed by atoms with Crippen LogP contribution in [-0.2, 0) is 23.6 Å². The van der Waals surface area contributed by atoms with Gasteiger partial charge in [-0.25, -0.2) is 0 Å². The fourth-order valence-electron chi connectivity index (χ4n) is 2.05. The molecule has 6 heteroatoms. The van der Waals surface area contributed by atoms with Crippen LogP contribution < -0.4 is 5.32 Å². The van der Waals surface area contributed by atoms with Gasteiger partial charge in [0.25, 0.3) is 5.91 Å². The summed E-state index contributed by atoms with van der Waals surface area (Å²) in [4.78, 5) is 11.0. The van der Waals surface area contributed by atoms with E-state index < -0.39 is 18.4 Å². The summed E-state index contributed by atoms with van der Waals surface area (Å²) < 4.78 is 27.8. The van der Waals surface area contributed by atoms with E-state index in [1.165, 1.54) is 6.92 Å². The van der Waals surface area contributed by atoms with Gasteiger partial charge in [0.05, 0.1) is 6.54 Å². The van der Waals surface area contributed by atoms with Crippen LogP contribution in [0, 0.1) is 11.8 Å². The van der Waals surface area contributed by atoms with E-state index >= 15 is 0 Å². The highest BCUT2D eigenvalue weighted by molar-refractivity contribution is 5.93. The number of carbonyl (C=O) groups excluding carboxylic acids is 1. The second kappa shape index (κ2) is 4.77. The lowest BCUT2D eigenvalue weighted by atomic mass is 10.1. The van der Waals surface area contributed by atoms with Gasteiger partial charge in [0.1, 0.15) is 5.69 Å². The fourth-order valence-corrected chi connectivity index (χ4v) is 2.05. The number of rotatable bonds is 3. The van der Waals surface area contributed by atoms with E-state index in [1.54, 1.807) is 0 Å². The number of carbonyl (C=O) groups is 1. The summed E-state index contributed by atoms with van der Waals surface area (Å²) in [5.41, 5.74) is 1.12. The van der Waals surface area contributed by atoms with Crippen LogP contribution in [0.2, 0.25) is 0 Å². The number of aromatic amines is 1. The molecule has 0 saturated carbocycles. The highest BCUT2D eigenvalue weighted by Crippen LogP contribution is 2.33. The van der Waals surface area contributed by atoms with Crippen molar-refractivity contribution >= 4 is 5.91 Å². The van der Waals surface area contributed by atoms with E-state index in [-0.39, 0.29) is 5.69 Å². The van der Waals surface area contributed by atoms with Gasteiger partial charge in [-0.1, -0.05) is 5.92 Å². The molecule has 4 nitrogen and oxygen atoms in total. The molecule has 1 heterocycles. The monoisotopic (exact) mass is 253 g/mol. The largest absolute Gasteiger partial charge is 0.339 e. The molecule has 0 fully saturated rings. The summed E-state index contributed by atoms with van der Waals surface area (Å²) in [5, 5.41) is 8.39. The molecule has 1 aliphatic rings. The van der Waals surface area contributed by atoms with Crippen LogP contribution in [0.4, 0.5) is 8.78 Å². The average molecular weight is 253 g/mol. The smallest absolute Gasteiger partial charge is 0.308 e. The van der Waals surface area contributed by atoms with Gasteiger partial charge in [-0.2, -0.15) is 13.9 Å². The van der Waals surface area contributed by atoms with Crippen LogP contribution in [0.3, 0.4) is 0 Å². The van der Waals surface area contributed by atoms with Gasteiger partial charge in [0, 0.05) is 11.3 Å². The maximum absolute atomic E-state index is 13.9. The molecule has 2 N–H and O–H groups in total. The van der Waals surface area contributed by atoms with Crippen molar-refractivity contribution in [1.82, 2.24) is 15.5 Å². The third-order valence-electron chi connectivity index (χ3n) is 2.86. The van der Waals surface area contributed by atoms with E-state index in [1.807, 2.05) is 0 Å². The van der Waals surface area contributed by atoms with Gasteiger partial charge in [0.2, 0.25) is 0 Å². The van der Waals surface area contributed by atoms with Crippen molar-refractivity contribution in [3.63, 3.8) is 0 Å². The molecule has 18 heavy (non-hydrogen) atoms. The molecule has 0 radical (unpaired) electrons. The lowest BCUT2D eigenvalue weighted by molar-refractivity contribution is -0.117. The molecule has 0 aliphatic heterocycles. The Balaban J connectivity index is 2.09. The van der Waals surface area contributed by atoms with Crippen LogP contribution in [0.15, 0.2) is 0 Å². The summed E-state index contributed by atoms with van der Waals surface area (Å²) in [7, 11) is 0. The number of aryl methyl sites for hydroxylation is 1. The van der Waals surface area contributed by atoms with Crippen molar-refractivity contribution in [2.75, 3.05) is 6.54 Å². The van der Waals surface area contributed by atoms with Crippen molar-refractivity contribution < 1.29 is 13.6 Å². The minimum Gasteiger partial charge on any atom is -0.339 e. The van der Waals surface area contributed by atoms with Crippen molar-refractivity contribution in [3.05, 3.63) is 17.0 Å². The molecule has 96 valence electrons. The zero-order valence-electron chi connectivity index (χ0n) is 9.94. The number of hydrogen-bond donors (Lipinski definition) is 2. The van der Waals surface area contributed by atoms with Crippen LogP contribution in [0.5, 0.6) is 0 Å². The van der Waals surface area contributed by atoms with E-state index in [2.05, 4.69) is 27.4 Å². The first-order chi connectivity index (χ1) is 8.54.